The van der Waals surface area contributed by atoms with Crippen molar-refractivity contribution in [1.29, 1.82) is 0 Å². The molecule has 30 heavy (non-hydrogen) atoms. The van der Waals surface area contributed by atoms with Crippen LogP contribution in [-0.2, 0) is 9.53 Å². The van der Waals surface area contributed by atoms with Crippen molar-refractivity contribution >= 4 is 5.78 Å². The Morgan fingerprint density at radius 3 is 2.37 bits per heavy atom. The van der Waals surface area contributed by atoms with Crippen LogP contribution in [0.2, 0.25) is 0 Å². The van der Waals surface area contributed by atoms with E-state index in [9.17, 15) is 4.79 Å². The van der Waals surface area contributed by atoms with Gasteiger partial charge in [-0.2, -0.15) is 0 Å². The van der Waals surface area contributed by atoms with Gasteiger partial charge in [0.25, 0.3) is 0 Å². The van der Waals surface area contributed by atoms with Crippen LogP contribution in [0.4, 0.5) is 0 Å². The quantitative estimate of drug-likeness (QED) is 0.449. The van der Waals surface area contributed by atoms with E-state index in [0.29, 0.717) is 34.4 Å². The molecule has 0 amide bonds. The Morgan fingerprint density at radius 2 is 1.67 bits per heavy atom. The number of carbonyl (C=O) groups excluding carboxylic acids is 1. The molecular weight excluding hydrogens is 368 g/mol. The van der Waals surface area contributed by atoms with Crippen molar-refractivity contribution in [2.45, 2.75) is 117 Å². The zero-order valence-corrected chi connectivity index (χ0v) is 20.8. The average molecular weight is 417 g/mol. The lowest BCUT2D eigenvalue weighted by Crippen LogP contribution is -2.64. The van der Waals surface area contributed by atoms with Crippen LogP contribution < -0.4 is 0 Å². The van der Waals surface area contributed by atoms with Crippen molar-refractivity contribution in [3.8, 4) is 0 Å². The lowest BCUT2D eigenvalue weighted by atomic mass is 9.42. The van der Waals surface area contributed by atoms with Crippen LogP contribution >= 0.6 is 0 Å². The molecule has 4 aliphatic carbocycles. The van der Waals surface area contributed by atoms with Crippen molar-refractivity contribution in [3.63, 3.8) is 0 Å². The molecule has 172 valence electrons. The van der Waals surface area contributed by atoms with Gasteiger partial charge in [0, 0.05) is 20.0 Å². The summed E-state index contributed by atoms with van der Waals surface area (Å²) in [6.45, 7) is 12.4. The smallest absolute Gasteiger partial charge is 0.133 e. The fraction of sp³-hybridized carbons (Fsp3) is 0.964. The highest BCUT2D eigenvalue weighted by molar-refractivity contribution is 5.79. The van der Waals surface area contributed by atoms with E-state index in [2.05, 4.69) is 34.6 Å². The first-order chi connectivity index (χ1) is 14.2. The van der Waals surface area contributed by atoms with E-state index < -0.39 is 0 Å². The van der Waals surface area contributed by atoms with Gasteiger partial charge in [-0.1, -0.05) is 53.9 Å². The number of methoxy groups -OCH3 is 1. The van der Waals surface area contributed by atoms with E-state index >= 15 is 0 Å². The maximum Gasteiger partial charge on any atom is 0.133 e. The lowest BCUT2D eigenvalue weighted by molar-refractivity contribution is -0.234. The van der Waals surface area contributed by atoms with Gasteiger partial charge in [-0.25, -0.2) is 0 Å². The van der Waals surface area contributed by atoms with Gasteiger partial charge in [0.15, 0.2) is 0 Å². The highest BCUT2D eigenvalue weighted by Gasteiger charge is 2.67. The van der Waals surface area contributed by atoms with Crippen molar-refractivity contribution in [1.82, 2.24) is 0 Å². The number of fused-ring (bicyclic) bond motifs is 5. The minimum Gasteiger partial charge on any atom is -0.378 e. The topological polar surface area (TPSA) is 26.3 Å². The van der Waals surface area contributed by atoms with Crippen LogP contribution in [0.1, 0.15) is 112 Å². The molecule has 0 aromatic heterocycles. The molecule has 4 fully saturated rings. The summed E-state index contributed by atoms with van der Waals surface area (Å²) in [5.41, 5.74) is 0.812. The van der Waals surface area contributed by atoms with Crippen LogP contribution in [-0.4, -0.2) is 18.5 Å². The first kappa shape index (κ1) is 22.8. The Hall–Kier alpha value is -0.370. The third kappa shape index (κ3) is 3.43. The first-order valence-electron chi connectivity index (χ1n) is 13.2. The number of Topliss-reactive ketones (excluding diaryl/α,β-unsaturated/α-hetero) is 1. The van der Waals surface area contributed by atoms with Gasteiger partial charge < -0.3 is 4.74 Å². The minimum absolute atomic E-state index is 0.0606. The molecule has 2 nitrogen and oxygen atoms in total. The second-order valence-electron chi connectivity index (χ2n) is 12.8. The molecule has 0 spiro atoms. The van der Waals surface area contributed by atoms with Crippen LogP contribution in [0.5, 0.6) is 0 Å². The third-order valence-electron chi connectivity index (χ3n) is 11.1. The Bertz CT molecular complexity index is 641. The normalized spacial score (nSPS) is 47.0. The zero-order chi connectivity index (χ0) is 21.7. The molecule has 8 atom stereocenters. The molecule has 0 aliphatic heterocycles. The molecule has 4 saturated carbocycles. The summed E-state index contributed by atoms with van der Waals surface area (Å²) in [4.78, 5) is 12.2. The van der Waals surface area contributed by atoms with Gasteiger partial charge in [0.05, 0.1) is 5.60 Å². The first-order valence-corrected chi connectivity index (χ1v) is 13.2. The summed E-state index contributed by atoms with van der Waals surface area (Å²) in [5, 5.41) is 0. The highest BCUT2D eigenvalue weighted by Crippen LogP contribution is 2.70. The lowest BCUT2D eigenvalue weighted by Gasteiger charge is -2.65. The third-order valence-corrected chi connectivity index (χ3v) is 11.1. The minimum atomic E-state index is 0.0606. The van der Waals surface area contributed by atoms with Crippen LogP contribution in [0.3, 0.4) is 0 Å². The zero-order valence-electron chi connectivity index (χ0n) is 20.8. The van der Waals surface area contributed by atoms with Crippen LogP contribution in [0.25, 0.3) is 0 Å². The van der Waals surface area contributed by atoms with Crippen molar-refractivity contribution in [2.75, 3.05) is 7.11 Å². The molecule has 0 bridgehead atoms. The SMILES string of the molecule is CO[C@@]12CCC3CC(=O)CC[C@]3(C)[C@H]1CC[C@]1(C)[C@@H]([C@H](C)CCCC(C)C)CC[C@H]12. The summed E-state index contributed by atoms with van der Waals surface area (Å²) in [7, 11) is 2.02. The fourth-order valence-electron chi connectivity index (χ4n) is 9.49. The largest absolute Gasteiger partial charge is 0.378 e. The summed E-state index contributed by atoms with van der Waals surface area (Å²) >= 11 is 0. The molecule has 0 aromatic rings. The average Bonchev–Trinajstić information content (AvgIpc) is 3.06. The molecule has 0 N–H and O–H groups in total. The van der Waals surface area contributed by atoms with Crippen molar-refractivity contribution in [3.05, 3.63) is 0 Å². The number of rotatable bonds is 6. The molecule has 4 aliphatic rings. The molecule has 4 rings (SSSR count). The molecule has 2 heteroatoms. The highest BCUT2D eigenvalue weighted by atomic mass is 16.5. The van der Waals surface area contributed by atoms with Gasteiger partial charge in [0.1, 0.15) is 5.78 Å². The van der Waals surface area contributed by atoms with E-state index in [0.717, 1.165) is 37.0 Å². The van der Waals surface area contributed by atoms with Gasteiger partial charge in [-0.05, 0) is 91.3 Å². The Balaban J connectivity index is 1.56. The predicted octanol–water partition coefficient (Wildman–Crippen LogP) is 7.45. The number of hydrogen-bond donors (Lipinski definition) is 0. The Morgan fingerprint density at radius 1 is 0.933 bits per heavy atom. The van der Waals surface area contributed by atoms with Gasteiger partial charge >= 0.3 is 0 Å². The van der Waals surface area contributed by atoms with Crippen LogP contribution in [0, 0.1) is 46.3 Å². The number of hydrogen-bond acceptors (Lipinski definition) is 2. The van der Waals surface area contributed by atoms with E-state index in [4.69, 9.17) is 4.74 Å². The maximum absolute atomic E-state index is 12.2. The van der Waals surface area contributed by atoms with Crippen molar-refractivity contribution < 1.29 is 9.53 Å². The van der Waals surface area contributed by atoms with E-state index in [1.54, 1.807) is 0 Å². The predicted molar refractivity (Wildman–Crippen MR) is 124 cm³/mol. The van der Waals surface area contributed by atoms with Gasteiger partial charge in [-0.15, -0.1) is 0 Å². The molecule has 0 saturated heterocycles. The second-order valence-corrected chi connectivity index (χ2v) is 12.8. The summed E-state index contributed by atoms with van der Waals surface area (Å²) in [6, 6.07) is 0. The number of ether oxygens (including phenoxy) is 1. The monoisotopic (exact) mass is 416 g/mol. The Labute approximate surface area is 186 Å². The van der Waals surface area contributed by atoms with E-state index in [1.807, 2.05) is 7.11 Å². The molecule has 0 radical (unpaired) electrons. The Kier molecular flexibility index (Phi) is 6.23. The standard InChI is InChI=1S/C28H48O2/c1-19(2)8-7-9-20(3)23-10-11-24-27(23,5)16-14-25-26(4)15-13-22(29)18-21(26)12-17-28(24,25)30-6/h19-21,23-25H,7-18H2,1-6H3/t20-,21?,23-,24-,25-,26+,27-,28-/m1/s1. The van der Waals surface area contributed by atoms with Crippen molar-refractivity contribution in [2.24, 2.45) is 46.3 Å². The summed E-state index contributed by atoms with van der Waals surface area (Å²) in [6.07, 6.45) is 14.8. The molecule has 0 heterocycles. The summed E-state index contributed by atoms with van der Waals surface area (Å²) < 4.78 is 6.66. The maximum atomic E-state index is 12.2. The number of ketones is 1. The fourth-order valence-corrected chi connectivity index (χ4v) is 9.49. The molecule has 1 unspecified atom stereocenters. The van der Waals surface area contributed by atoms with Gasteiger partial charge in [0.2, 0.25) is 0 Å². The second kappa shape index (κ2) is 8.20. The van der Waals surface area contributed by atoms with E-state index in [-0.39, 0.29) is 5.60 Å². The van der Waals surface area contributed by atoms with Gasteiger partial charge in [-0.3, -0.25) is 4.79 Å². The number of carbonyl (C=O) groups is 1. The van der Waals surface area contributed by atoms with Crippen LogP contribution in [0.15, 0.2) is 0 Å². The summed E-state index contributed by atoms with van der Waals surface area (Å²) in [5.74, 6) is 5.00. The van der Waals surface area contributed by atoms with E-state index in [1.165, 1.54) is 57.8 Å². The molecule has 0 aromatic carbocycles. The molecular formula is C28H48O2.